The first-order valence-electron chi connectivity index (χ1n) is 8.70. The summed E-state index contributed by atoms with van der Waals surface area (Å²) in [7, 11) is 3.34. The average molecular weight is 383 g/mol. The first-order valence-corrected chi connectivity index (χ1v) is 8.70. The van der Waals surface area contributed by atoms with Crippen LogP contribution in [-0.4, -0.2) is 36.4 Å². The van der Waals surface area contributed by atoms with Gasteiger partial charge in [-0.2, -0.15) is 0 Å². The van der Waals surface area contributed by atoms with Crippen LogP contribution < -0.4 is 14.2 Å². The fraction of sp³-hybridized carbons (Fsp3) is 0.273. The van der Waals surface area contributed by atoms with Crippen molar-refractivity contribution in [2.75, 3.05) is 14.2 Å². The van der Waals surface area contributed by atoms with Gasteiger partial charge in [0.25, 0.3) is 6.47 Å². The Labute approximate surface area is 164 Å². The van der Waals surface area contributed by atoms with Crippen molar-refractivity contribution in [1.29, 1.82) is 0 Å². The molecule has 1 N–H and O–H groups in total. The van der Waals surface area contributed by atoms with E-state index in [0.29, 0.717) is 0 Å². The van der Waals surface area contributed by atoms with Gasteiger partial charge in [0.2, 0.25) is 0 Å². The van der Waals surface area contributed by atoms with E-state index >= 15 is 0 Å². The van der Waals surface area contributed by atoms with E-state index < -0.39 is 0 Å². The van der Waals surface area contributed by atoms with Crippen LogP contribution in [0.1, 0.15) is 20.8 Å². The van der Waals surface area contributed by atoms with Crippen molar-refractivity contribution < 1.29 is 24.1 Å². The number of aromatic nitrogens is 1. The minimum atomic E-state index is -0.269. The Morgan fingerprint density at radius 3 is 2.29 bits per heavy atom. The highest BCUT2D eigenvalue weighted by molar-refractivity contribution is 6.00. The Morgan fingerprint density at radius 1 is 1.00 bits per heavy atom. The highest BCUT2D eigenvalue weighted by Gasteiger charge is 2.18. The zero-order valence-electron chi connectivity index (χ0n) is 16.7. The summed E-state index contributed by atoms with van der Waals surface area (Å²) in [6.45, 7) is 5.82. The van der Waals surface area contributed by atoms with E-state index in [1.54, 1.807) is 20.4 Å². The Kier molecular flexibility index (Phi) is 6.82. The van der Waals surface area contributed by atoms with Crippen LogP contribution in [0, 0.1) is 0 Å². The molecule has 1 aromatic heterocycles. The lowest BCUT2D eigenvalue weighted by Crippen LogP contribution is -2.22. The van der Waals surface area contributed by atoms with Crippen molar-refractivity contribution in [3.05, 3.63) is 48.8 Å². The first-order chi connectivity index (χ1) is 13.3. The maximum atomic E-state index is 8.36. The molecule has 0 bridgehead atoms. The normalized spacial score (nSPS) is 10.6. The summed E-state index contributed by atoms with van der Waals surface area (Å²) >= 11 is 0. The van der Waals surface area contributed by atoms with Crippen LogP contribution >= 0.6 is 0 Å². The number of hydrogen-bond acceptors (Lipinski definition) is 5. The third kappa shape index (κ3) is 4.91. The molecule has 0 aliphatic carbocycles. The van der Waals surface area contributed by atoms with Gasteiger partial charge in [-0.1, -0.05) is 0 Å². The number of rotatable bonds is 4. The van der Waals surface area contributed by atoms with Gasteiger partial charge in [0.05, 0.1) is 14.2 Å². The molecule has 0 aliphatic heterocycles. The molecule has 28 heavy (non-hydrogen) atoms. The van der Waals surface area contributed by atoms with E-state index in [4.69, 9.17) is 24.1 Å². The molecule has 0 saturated carbocycles. The highest BCUT2D eigenvalue weighted by atomic mass is 16.5. The van der Waals surface area contributed by atoms with Crippen LogP contribution in [0.2, 0.25) is 0 Å². The van der Waals surface area contributed by atoms with Gasteiger partial charge in [-0.25, -0.2) is 0 Å². The summed E-state index contributed by atoms with van der Waals surface area (Å²) in [5.41, 5.74) is 1.67. The lowest BCUT2D eigenvalue weighted by atomic mass is 9.97. The second-order valence-electron chi connectivity index (χ2n) is 6.92. The largest absolute Gasteiger partial charge is 0.496 e. The van der Waals surface area contributed by atoms with Crippen LogP contribution in [-0.2, 0) is 4.79 Å². The Morgan fingerprint density at radius 2 is 1.68 bits per heavy atom. The average Bonchev–Trinajstić information content (AvgIpc) is 2.66. The molecule has 0 radical (unpaired) electrons. The number of pyridine rings is 1. The molecule has 3 rings (SSSR count). The summed E-state index contributed by atoms with van der Waals surface area (Å²) in [4.78, 5) is 12.6. The molecule has 0 amide bonds. The van der Waals surface area contributed by atoms with Gasteiger partial charge in [0, 0.05) is 35.0 Å². The van der Waals surface area contributed by atoms with Crippen LogP contribution in [0.25, 0.3) is 21.9 Å². The van der Waals surface area contributed by atoms with Crippen LogP contribution in [0.4, 0.5) is 0 Å². The van der Waals surface area contributed by atoms with Crippen molar-refractivity contribution in [3.63, 3.8) is 0 Å². The molecular formula is C22H25NO5. The zero-order chi connectivity index (χ0) is 20.7. The minimum Gasteiger partial charge on any atom is -0.496 e. The second-order valence-corrected chi connectivity index (χ2v) is 6.92. The second kappa shape index (κ2) is 9.08. The minimum absolute atomic E-state index is 0.250. The van der Waals surface area contributed by atoms with Crippen molar-refractivity contribution in [3.8, 4) is 28.4 Å². The van der Waals surface area contributed by atoms with E-state index in [0.717, 1.165) is 39.1 Å². The molecular weight excluding hydrogens is 358 g/mol. The van der Waals surface area contributed by atoms with Crippen LogP contribution in [0.15, 0.2) is 48.8 Å². The molecule has 0 fully saturated rings. The monoisotopic (exact) mass is 383 g/mol. The molecule has 6 heteroatoms. The number of carboxylic acid groups (broad SMARTS) is 1. The van der Waals surface area contributed by atoms with Gasteiger partial charge in [-0.3, -0.25) is 9.78 Å². The maximum Gasteiger partial charge on any atom is 0.290 e. The SMILES string of the molecule is COc1cc(OC(C)(C)C)ccc1-c1c(OC)ccc2cnccc12.O=CO. The molecule has 1 heterocycles. The van der Waals surface area contributed by atoms with E-state index in [1.807, 2.05) is 63.4 Å². The van der Waals surface area contributed by atoms with Crippen LogP contribution in [0.3, 0.4) is 0 Å². The number of hydrogen-bond donors (Lipinski definition) is 1. The van der Waals surface area contributed by atoms with Gasteiger partial charge in [-0.05, 0) is 56.5 Å². The van der Waals surface area contributed by atoms with E-state index in [2.05, 4.69) is 4.98 Å². The van der Waals surface area contributed by atoms with Crippen molar-refractivity contribution >= 4 is 17.2 Å². The van der Waals surface area contributed by atoms with Gasteiger partial charge in [-0.15, -0.1) is 0 Å². The molecule has 148 valence electrons. The van der Waals surface area contributed by atoms with Crippen molar-refractivity contribution in [1.82, 2.24) is 4.98 Å². The van der Waals surface area contributed by atoms with E-state index in [-0.39, 0.29) is 12.1 Å². The smallest absolute Gasteiger partial charge is 0.290 e. The fourth-order valence-electron chi connectivity index (χ4n) is 2.89. The zero-order valence-corrected chi connectivity index (χ0v) is 16.7. The topological polar surface area (TPSA) is 77.9 Å². The fourth-order valence-corrected chi connectivity index (χ4v) is 2.89. The van der Waals surface area contributed by atoms with Crippen molar-refractivity contribution in [2.45, 2.75) is 26.4 Å². The Bertz CT molecular complexity index is 947. The molecule has 0 spiro atoms. The quantitative estimate of drug-likeness (QED) is 0.652. The molecule has 0 aliphatic rings. The Hall–Kier alpha value is -3.28. The standard InChI is InChI=1S/C21H23NO3.CH2O2/c1-21(2,3)25-15-7-8-17(19(12-15)24-5)20-16-10-11-22-13-14(16)6-9-18(20)23-4;2-1-3/h6-13H,1-5H3;1H,(H,2,3). The van der Waals surface area contributed by atoms with Gasteiger partial charge in [0.1, 0.15) is 22.8 Å². The molecule has 6 nitrogen and oxygen atoms in total. The number of carbonyl (C=O) groups is 1. The van der Waals surface area contributed by atoms with E-state index in [9.17, 15) is 0 Å². The highest BCUT2D eigenvalue weighted by Crippen LogP contribution is 2.42. The number of ether oxygens (including phenoxy) is 3. The summed E-state index contributed by atoms with van der Waals surface area (Å²) in [6.07, 6.45) is 3.64. The maximum absolute atomic E-state index is 8.36. The predicted octanol–water partition coefficient (Wildman–Crippen LogP) is 4.80. The molecule has 0 saturated heterocycles. The lowest BCUT2D eigenvalue weighted by Gasteiger charge is -2.22. The summed E-state index contributed by atoms with van der Waals surface area (Å²) in [6, 6.07) is 11.8. The molecule has 3 aromatic rings. The number of methoxy groups -OCH3 is 2. The summed E-state index contributed by atoms with van der Waals surface area (Å²) in [5, 5.41) is 9.01. The van der Waals surface area contributed by atoms with Crippen molar-refractivity contribution in [2.24, 2.45) is 0 Å². The summed E-state index contributed by atoms with van der Waals surface area (Å²) in [5.74, 6) is 2.31. The molecule has 2 aromatic carbocycles. The predicted molar refractivity (Wildman–Crippen MR) is 109 cm³/mol. The third-order valence-electron chi connectivity index (χ3n) is 3.87. The number of benzene rings is 2. The molecule has 0 atom stereocenters. The van der Waals surface area contributed by atoms with Gasteiger partial charge >= 0.3 is 0 Å². The van der Waals surface area contributed by atoms with E-state index in [1.165, 1.54) is 0 Å². The first kappa shape index (κ1) is 21.0. The lowest BCUT2D eigenvalue weighted by molar-refractivity contribution is -0.122. The number of nitrogens with zero attached hydrogens (tertiary/aromatic N) is 1. The summed E-state index contributed by atoms with van der Waals surface area (Å²) < 4.78 is 17.2. The molecule has 0 unspecified atom stereocenters. The Balaban J connectivity index is 0.000000878. The third-order valence-corrected chi connectivity index (χ3v) is 3.87. The number of fused-ring (bicyclic) bond motifs is 1. The van der Waals surface area contributed by atoms with Gasteiger partial charge in [0.15, 0.2) is 0 Å². The van der Waals surface area contributed by atoms with Crippen LogP contribution in [0.5, 0.6) is 17.2 Å². The van der Waals surface area contributed by atoms with Gasteiger partial charge < -0.3 is 19.3 Å².